The SMILES string of the molecule is CCOC(=O)c1cc(Br)nc(C#N)c1C(F)F. The average molecular weight is 305 g/mol. The van der Waals surface area contributed by atoms with Gasteiger partial charge in [-0.15, -0.1) is 0 Å². The van der Waals surface area contributed by atoms with Gasteiger partial charge in [-0.2, -0.15) is 5.26 Å². The van der Waals surface area contributed by atoms with Gasteiger partial charge in [-0.25, -0.2) is 18.6 Å². The van der Waals surface area contributed by atoms with Crippen molar-refractivity contribution in [1.82, 2.24) is 4.98 Å². The standard InChI is InChI=1S/C10H7BrF2N2O2/c1-2-17-10(16)5-3-7(11)15-6(4-14)8(5)9(12)13/h3,9H,2H2,1H3. The molecule has 0 aromatic carbocycles. The third-order valence-electron chi connectivity index (χ3n) is 1.85. The van der Waals surface area contributed by atoms with E-state index in [-0.39, 0.29) is 16.8 Å². The molecule has 0 atom stereocenters. The first-order valence-electron chi connectivity index (χ1n) is 4.57. The van der Waals surface area contributed by atoms with Crippen molar-refractivity contribution >= 4 is 21.9 Å². The molecule has 1 heterocycles. The number of hydrogen-bond donors (Lipinski definition) is 0. The lowest BCUT2D eigenvalue weighted by atomic mass is 10.1. The van der Waals surface area contributed by atoms with E-state index in [0.717, 1.165) is 6.07 Å². The van der Waals surface area contributed by atoms with Gasteiger partial charge in [0, 0.05) is 0 Å². The number of nitriles is 1. The highest BCUT2D eigenvalue weighted by molar-refractivity contribution is 9.10. The van der Waals surface area contributed by atoms with Crippen LogP contribution in [0.1, 0.15) is 35.0 Å². The molecule has 0 radical (unpaired) electrons. The van der Waals surface area contributed by atoms with Crippen LogP contribution in [0.4, 0.5) is 8.78 Å². The molecular formula is C10H7BrF2N2O2. The zero-order chi connectivity index (χ0) is 13.0. The lowest BCUT2D eigenvalue weighted by Gasteiger charge is -2.09. The van der Waals surface area contributed by atoms with E-state index >= 15 is 0 Å². The van der Waals surface area contributed by atoms with Crippen molar-refractivity contribution in [3.05, 3.63) is 27.5 Å². The lowest BCUT2D eigenvalue weighted by molar-refractivity contribution is 0.0515. The molecule has 0 amide bonds. The minimum Gasteiger partial charge on any atom is -0.462 e. The molecule has 0 spiro atoms. The van der Waals surface area contributed by atoms with E-state index in [4.69, 9.17) is 5.26 Å². The van der Waals surface area contributed by atoms with Crippen molar-refractivity contribution < 1.29 is 18.3 Å². The third-order valence-corrected chi connectivity index (χ3v) is 2.25. The molecule has 4 nitrogen and oxygen atoms in total. The lowest BCUT2D eigenvalue weighted by Crippen LogP contribution is -2.11. The molecule has 0 N–H and O–H groups in total. The van der Waals surface area contributed by atoms with Gasteiger partial charge < -0.3 is 4.74 Å². The van der Waals surface area contributed by atoms with Crippen LogP contribution in [0, 0.1) is 11.3 Å². The molecule has 7 heteroatoms. The van der Waals surface area contributed by atoms with Crippen LogP contribution in [0.5, 0.6) is 0 Å². The zero-order valence-corrected chi connectivity index (χ0v) is 10.3. The Hall–Kier alpha value is -1.55. The fourth-order valence-corrected chi connectivity index (χ4v) is 1.61. The molecule has 1 aromatic heterocycles. The molecule has 0 fully saturated rings. The van der Waals surface area contributed by atoms with Crippen LogP contribution < -0.4 is 0 Å². The van der Waals surface area contributed by atoms with Gasteiger partial charge in [-0.05, 0) is 28.9 Å². The fourth-order valence-electron chi connectivity index (χ4n) is 1.21. The van der Waals surface area contributed by atoms with Crippen LogP contribution in [-0.4, -0.2) is 17.6 Å². The number of carbonyl (C=O) groups is 1. The summed E-state index contributed by atoms with van der Waals surface area (Å²) in [7, 11) is 0. The maximum absolute atomic E-state index is 12.8. The number of alkyl halides is 2. The number of esters is 1. The molecule has 0 aliphatic heterocycles. The van der Waals surface area contributed by atoms with Gasteiger partial charge >= 0.3 is 5.97 Å². The van der Waals surface area contributed by atoms with Crippen LogP contribution in [0.15, 0.2) is 10.7 Å². The highest BCUT2D eigenvalue weighted by Gasteiger charge is 2.25. The molecule has 0 aliphatic rings. The Balaban J connectivity index is 3.42. The number of nitrogens with zero attached hydrogens (tertiary/aromatic N) is 2. The van der Waals surface area contributed by atoms with E-state index in [1.807, 2.05) is 0 Å². The number of halogens is 3. The van der Waals surface area contributed by atoms with Gasteiger partial charge in [-0.1, -0.05) is 0 Å². The summed E-state index contributed by atoms with van der Waals surface area (Å²) in [4.78, 5) is 15.1. The summed E-state index contributed by atoms with van der Waals surface area (Å²) in [5.41, 5.74) is -1.54. The maximum Gasteiger partial charge on any atom is 0.338 e. The number of aromatic nitrogens is 1. The van der Waals surface area contributed by atoms with E-state index in [1.54, 1.807) is 6.92 Å². The van der Waals surface area contributed by atoms with Gasteiger partial charge in [0.2, 0.25) is 0 Å². The molecule has 17 heavy (non-hydrogen) atoms. The highest BCUT2D eigenvalue weighted by atomic mass is 79.9. The molecule has 90 valence electrons. The minimum atomic E-state index is -2.97. The molecule has 1 rings (SSSR count). The minimum absolute atomic E-state index is 0.0589. The molecule has 0 bridgehead atoms. The summed E-state index contributed by atoms with van der Waals surface area (Å²) < 4.78 is 30.4. The third kappa shape index (κ3) is 2.97. The van der Waals surface area contributed by atoms with Crippen LogP contribution in [0.3, 0.4) is 0 Å². The summed E-state index contributed by atoms with van der Waals surface area (Å²) in [6, 6.07) is 2.64. The number of rotatable bonds is 3. The maximum atomic E-state index is 12.8. The van der Waals surface area contributed by atoms with Crippen molar-refractivity contribution in [2.45, 2.75) is 13.3 Å². The second kappa shape index (κ2) is 5.68. The summed E-state index contributed by atoms with van der Waals surface area (Å²) in [6.45, 7) is 1.62. The first-order chi connectivity index (χ1) is 8.01. The number of pyridine rings is 1. The summed E-state index contributed by atoms with van der Waals surface area (Å²) in [6.07, 6.45) is -2.97. The van der Waals surface area contributed by atoms with Gasteiger partial charge in [0.15, 0.2) is 5.69 Å². The topological polar surface area (TPSA) is 63.0 Å². The quantitative estimate of drug-likeness (QED) is 0.636. The Kier molecular flexibility index (Phi) is 4.52. The Labute approximate surface area is 104 Å². The van der Waals surface area contributed by atoms with Crippen molar-refractivity contribution in [2.75, 3.05) is 6.61 Å². The van der Waals surface area contributed by atoms with Crippen molar-refractivity contribution in [2.24, 2.45) is 0 Å². The van der Waals surface area contributed by atoms with E-state index in [0.29, 0.717) is 0 Å². The summed E-state index contributed by atoms with van der Waals surface area (Å²) in [5, 5.41) is 8.71. The number of carbonyl (C=O) groups excluding carboxylic acids is 1. The van der Waals surface area contributed by atoms with Crippen molar-refractivity contribution in [3.8, 4) is 6.07 Å². The van der Waals surface area contributed by atoms with Crippen LogP contribution >= 0.6 is 15.9 Å². The first kappa shape index (κ1) is 13.5. The van der Waals surface area contributed by atoms with Gasteiger partial charge in [0.1, 0.15) is 10.7 Å². The predicted molar refractivity (Wildman–Crippen MR) is 57.6 cm³/mol. The Morgan fingerprint density at radius 2 is 2.35 bits per heavy atom. The highest BCUT2D eigenvalue weighted by Crippen LogP contribution is 2.28. The van der Waals surface area contributed by atoms with E-state index in [9.17, 15) is 13.6 Å². The molecular weight excluding hydrogens is 298 g/mol. The van der Waals surface area contributed by atoms with Crippen LogP contribution in [0.25, 0.3) is 0 Å². The monoisotopic (exact) mass is 304 g/mol. The van der Waals surface area contributed by atoms with Crippen molar-refractivity contribution in [1.29, 1.82) is 5.26 Å². The van der Waals surface area contributed by atoms with Gasteiger partial charge in [0.05, 0.1) is 17.7 Å². The molecule has 0 aliphatic carbocycles. The average Bonchev–Trinajstić information content (AvgIpc) is 2.27. The predicted octanol–water partition coefficient (Wildman–Crippen LogP) is 2.83. The molecule has 1 aromatic rings. The van der Waals surface area contributed by atoms with Crippen molar-refractivity contribution in [3.63, 3.8) is 0 Å². The number of hydrogen-bond acceptors (Lipinski definition) is 4. The summed E-state index contributed by atoms with van der Waals surface area (Å²) >= 11 is 2.94. The molecule has 0 saturated carbocycles. The first-order valence-corrected chi connectivity index (χ1v) is 5.36. The van der Waals surface area contributed by atoms with Crippen LogP contribution in [0.2, 0.25) is 0 Å². The second-order valence-electron chi connectivity index (χ2n) is 2.89. The molecule has 0 saturated heterocycles. The Morgan fingerprint density at radius 1 is 1.71 bits per heavy atom. The zero-order valence-electron chi connectivity index (χ0n) is 8.71. The van der Waals surface area contributed by atoms with Crippen LogP contribution in [-0.2, 0) is 4.74 Å². The fraction of sp³-hybridized carbons (Fsp3) is 0.300. The second-order valence-corrected chi connectivity index (χ2v) is 3.70. The smallest absolute Gasteiger partial charge is 0.338 e. The largest absolute Gasteiger partial charge is 0.462 e. The molecule has 0 unspecified atom stereocenters. The van der Waals surface area contributed by atoms with E-state index in [1.165, 1.54) is 6.07 Å². The van der Waals surface area contributed by atoms with E-state index < -0.39 is 23.7 Å². The Bertz CT molecular complexity index is 486. The van der Waals surface area contributed by atoms with Gasteiger partial charge in [0.25, 0.3) is 6.43 Å². The van der Waals surface area contributed by atoms with E-state index in [2.05, 4.69) is 25.7 Å². The van der Waals surface area contributed by atoms with Gasteiger partial charge in [-0.3, -0.25) is 0 Å². The normalized spacial score (nSPS) is 10.1. The Morgan fingerprint density at radius 3 is 2.82 bits per heavy atom. The number of ether oxygens (including phenoxy) is 1. The summed E-state index contributed by atoms with van der Waals surface area (Å²) in [5.74, 6) is -0.901.